The predicted octanol–water partition coefficient (Wildman–Crippen LogP) is 3.59. The van der Waals surface area contributed by atoms with Crippen molar-refractivity contribution in [1.29, 1.82) is 0 Å². The highest BCUT2D eigenvalue weighted by molar-refractivity contribution is 14.0. The predicted molar refractivity (Wildman–Crippen MR) is 117 cm³/mol. The molecule has 3 rings (SSSR count). The lowest BCUT2D eigenvalue weighted by Crippen LogP contribution is -2.53. The Hall–Kier alpha value is 0.310. The van der Waals surface area contributed by atoms with Crippen LogP contribution in [0.3, 0.4) is 0 Å². The minimum absolute atomic E-state index is 0. The molecule has 1 heterocycles. The van der Waals surface area contributed by atoms with Gasteiger partial charge in [0, 0.05) is 36.2 Å². The third-order valence-electron chi connectivity index (χ3n) is 5.97. The van der Waals surface area contributed by atoms with Crippen LogP contribution in [-0.2, 0) is 0 Å². The third-order valence-corrected chi connectivity index (χ3v) is 6.91. The lowest BCUT2D eigenvalue weighted by Gasteiger charge is -2.42. The molecule has 0 atom stereocenters. The van der Waals surface area contributed by atoms with Crippen LogP contribution in [-0.4, -0.2) is 53.6 Å². The van der Waals surface area contributed by atoms with Crippen LogP contribution in [0.5, 0.6) is 0 Å². The molecule has 140 valence electrons. The lowest BCUT2D eigenvalue weighted by molar-refractivity contribution is 0.112. The Kier molecular flexibility index (Phi) is 8.98. The summed E-state index contributed by atoms with van der Waals surface area (Å²) >= 11 is 2.09. The molecule has 0 aromatic heterocycles. The number of thioether (sulfide) groups is 1. The van der Waals surface area contributed by atoms with Gasteiger partial charge in [0.05, 0.1) is 6.54 Å². The first-order valence-electron chi connectivity index (χ1n) is 9.68. The second-order valence-electron chi connectivity index (χ2n) is 7.57. The standard InChI is InChI=1S/C18H34N4S.HI/c19-17(21-16-7-3-1-2-4-8-16)20-15-18(9-5-6-10-18)22-11-13-23-14-12-22;/h16H,1-15H2,(H3,19,20,21);1H. The van der Waals surface area contributed by atoms with Gasteiger partial charge in [-0.05, 0) is 25.7 Å². The summed E-state index contributed by atoms with van der Waals surface area (Å²) in [4.78, 5) is 7.53. The Morgan fingerprint density at radius 1 is 1.04 bits per heavy atom. The van der Waals surface area contributed by atoms with Gasteiger partial charge in [0.25, 0.3) is 0 Å². The van der Waals surface area contributed by atoms with E-state index in [4.69, 9.17) is 10.7 Å². The number of nitrogens with one attached hydrogen (secondary N) is 1. The molecule has 0 aromatic rings. The van der Waals surface area contributed by atoms with Crippen LogP contribution in [0, 0.1) is 0 Å². The molecule has 1 aliphatic heterocycles. The molecular formula is C18H35IN4S. The van der Waals surface area contributed by atoms with E-state index >= 15 is 0 Å². The topological polar surface area (TPSA) is 53.6 Å². The monoisotopic (exact) mass is 466 g/mol. The van der Waals surface area contributed by atoms with Crippen molar-refractivity contribution in [2.45, 2.75) is 75.8 Å². The molecule has 0 bridgehead atoms. The smallest absolute Gasteiger partial charge is 0.188 e. The van der Waals surface area contributed by atoms with Crippen LogP contribution >= 0.6 is 35.7 Å². The van der Waals surface area contributed by atoms with Crippen molar-refractivity contribution in [2.24, 2.45) is 10.7 Å². The zero-order valence-electron chi connectivity index (χ0n) is 15.0. The van der Waals surface area contributed by atoms with E-state index < -0.39 is 0 Å². The van der Waals surface area contributed by atoms with Gasteiger partial charge in [0.2, 0.25) is 0 Å². The molecule has 0 amide bonds. The summed E-state index contributed by atoms with van der Waals surface area (Å²) < 4.78 is 0. The Morgan fingerprint density at radius 3 is 2.29 bits per heavy atom. The molecule has 3 aliphatic rings. The van der Waals surface area contributed by atoms with Crippen molar-refractivity contribution in [3.8, 4) is 0 Å². The van der Waals surface area contributed by atoms with Crippen LogP contribution < -0.4 is 11.1 Å². The molecule has 0 aromatic carbocycles. The van der Waals surface area contributed by atoms with E-state index in [9.17, 15) is 0 Å². The number of hydrogen-bond donors (Lipinski definition) is 2. The van der Waals surface area contributed by atoms with Gasteiger partial charge in [-0.2, -0.15) is 11.8 Å². The number of aliphatic imine (C=N–C) groups is 1. The molecule has 4 nitrogen and oxygen atoms in total. The van der Waals surface area contributed by atoms with Gasteiger partial charge < -0.3 is 11.1 Å². The van der Waals surface area contributed by atoms with Gasteiger partial charge in [-0.3, -0.25) is 9.89 Å². The second kappa shape index (κ2) is 10.5. The van der Waals surface area contributed by atoms with Gasteiger partial charge in [-0.1, -0.05) is 38.5 Å². The zero-order valence-corrected chi connectivity index (χ0v) is 18.1. The third kappa shape index (κ3) is 5.66. The number of nitrogens with zero attached hydrogens (tertiary/aromatic N) is 2. The first kappa shape index (κ1) is 20.6. The Bertz CT molecular complexity index is 384. The molecule has 24 heavy (non-hydrogen) atoms. The number of guanidine groups is 1. The molecule has 2 saturated carbocycles. The second-order valence-corrected chi connectivity index (χ2v) is 8.79. The van der Waals surface area contributed by atoms with E-state index in [1.807, 2.05) is 0 Å². The van der Waals surface area contributed by atoms with Gasteiger partial charge in [0.1, 0.15) is 0 Å². The lowest BCUT2D eigenvalue weighted by atomic mass is 9.95. The van der Waals surface area contributed by atoms with Crippen molar-refractivity contribution in [3.63, 3.8) is 0 Å². The number of nitrogens with two attached hydrogens (primary N) is 1. The molecule has 0 unspecified atom stereocenters. The first-order chi connectivity index (χ1) is 11.3. The van der Waals surface area contributed by atoms with Gasteiger partial charge in [-0.25, -0.2) is 0 Å². The number of rotatable bonds is 4. The van der Waals surface area contributed by atoms with E-state index in [1.54, 1.807) is 0 Å². The zero-order chi connectivity index (χ0) is 16.0. The van der Waals surface area contributed by atoms with Gasteiger partial charge in [-0.15, -0.1) is 24.0 Å². The van der Waals surface area contributed by atoms with Crippen molar-refractivity contribution in [1.82, 2.24) is 10.2 Å². The largest absolute Gasteiger partial charge is 0.370 e. The molecule has 6 heteroatoms. The quantitative estimate of drug-likeness (QED) is 0.288. The van der Waals surface area contributed by atoms with Crippen molar-refractivity contribution >= 4 is 41.7 Å². The summed E-state index contributed by atoms with van der Waals surface area (Å²) in [5, 5.41) is 3.51. The SMILES string of the molecule is I.NC(=NCC1(N2CCSCC2)CCCC1)NC1CCCCCC1. The fourth-order valence-corrected chi connectivity index (χ4v) is 5.46. The minimum Gasteiger partial charge on any atom is -0.370 e. The molecule has 3 N–H and O–H groups in total. The summed E-state index contributed by atoms with van der Waals surface area (Å²) in [5.74, 6) is 3.25. The van der Waals surface area contributed by atoms with E-state index in [2.05, 4.69) is 22.0 Å². The number of halogens is 1. The fraction of sp³-hybridized carbons (Fsp3) is 0.944. The molecule has 0 spiro atoms. The maximum absolute atomic E-state index is 6.24. The summed E-state index contributed by atoms with van der Waals surface area (Å²) in [7, 11) is 0. The maximum Gasteiger partial charge on any atom is 0.188 e. The highest BCUT2D eigenvalue weighted by Crippen LogP contribution is 2.37. The number of hydrogen-bond acceptors (Lipinski definition) is 3. The van der Waals surface area contributed by atoms with E-state index in [1.165, 1.54) is 88.8 Å². The van der Waals surface area contributed by atoms with Crippen LogP contribution in [0.2, 0.25) is 0 Å². The van der Waals surface area contributed by atoms with E-state index in [0.29, 0.717) is 17.5 Å². The molecular weight excluding hydrogens is 431 g/mol. The van der Waals surface area contributed by atoms with Crippen molar-refractivity contribution in [3.05, 3.63) is 0 Å². The summed E-state index contributed by atoms with van der Waals surface area (Å²) in [6.07, 6.45) is 13.3. The fourth-order valence-electron chi connectivity index (χ4n) is 4.56. The highest BCUT2D eigenvalue weighted by atomic mass is 127. The molecule has 1 saturated heterocycles. The molecule has 0 radical (unpaired) electrons. The Balaban J connectivity index is 0.00000208. The highest BCUT2D eigenvalue weighted by Gasteiger charge is 2.39. The van der Waals surface area contributed by atoms with Crippen LogP contribution in [0.4, 0.5) is 0 Å². The Morgan fingerprint density at radius 2 is 1.67 bits per heavy atom. The molecule has 3 fully saturated rings. The van der Waals surface area contributed by atoms with Gasteiger partial charge in [0.15, 0.2) is 5.96 Å². The normalized spacial score (nSPS) is 26.6. The van der Waals surface area contributed by atoms with Crippen LogP contribution in [0.25, 0.3) is 0 Å². The van der Waals surface area contributed by atoms with E-state index in [-0.39, 0.29) is 24.0 Å². The van der Waals surface area contributed by atoms with Crippen LogP contribution in [0.15, 0.2) is 4.99 Å². The van der Waals surface area contributed by atoms with Crippen molar-refractivity contribution in [2.75, 3.05) is 31.1 Å². The summed E-state index contributed by atoms with van der Waals surface area (Å²) in [6.45, 7) is 3.36. The summed E-state index contributed by atoms with van der Waals surface area (Å²) in [6, 6.07) is 0.548. The molecule has 2 aliphatic carbocycles. The first-order valence-corrected chi connectivity index (χ1v) is 10.8. The summed E-state index contributed by atoms with van der Waals surface area (Å²) in [5.41, 5.74) is 6.54. The Labute approximate surface area is 169 Å². The van der Waals surface area contributed by atoms with Crippen LogP contribution in [0.1, 0.15) is 64.2 Å². The van der Waals surface area contributed by atoms with E-state index in [0.717, 1.165) is 6.54 Å². The van der Waals surface area contributed by atoms with Gasteiger partial charge >= 0.3 is 0 Å². The average molecular weight is 466 g/mol. The minimum atomic E-state index is 0. The maximum atomic E-state index is 6.24. The average Bonchev–Trinajstić information content (AvgIpc) is 2.93. The van der Waals surface area contributed by atoms with Crippen molar-refractivity contribution < 1.29 is 0 Å².